The summed E-state index contributed by atoms with van der Waals surface area (Å²) in [4.78, 5) is 2.32. The van der Waals surface area contributed by atoms with Gasteiger partial charge in [-0.3, -0.25) is 5.41 Å². The first-order chi connectivity index (χ1) is 8.15. The van der Waals surface area contributed by atoms with E-state index in [1.54, 1.807) is 11.8 Å². The Bertz CT molecular complexity index is 520. The van der Waals surface area contributed by atoms with Gasteiger partial charge in [0.15, 0.2) is 0 Å². The third-order valence-corrected chi connectivity index (χ3v) is 3.76. The third-order valence-electron chi connectivity index (χ3n) is 2.21. The zero-order chi connectivity index (χ0) is 12.3. The van der Waals surface area contributed by atoms with Crippen LogP contribution in [0.2, 0.25) is 0 Å². The van der Waals surface area contributed by atoms with Crippen LogP contribution in [-0.4, -0.2) is 5.84 Å². The normalized spacial score (nSPS) is 10.2. The summed E-state index contributed by atoms with van der Waals surface area (Å²) in [5, 5.41) is 7.32. The maximum absolute atomic E-state index is 7.32. The molecule has 0 heterocycles. The van der Waals surface area contributed by atoms with Crippen LogP contribution in [0.25, 0.3) is 0 Å². The van der Waals surface area contributed by atoms with Gasteiger partial charge in [-0.25, -0.2) is 0 Å². The van der Waals surface area contributed by atoms with Gasteiger partial charge >= 0.3 is 0 Å². The van der Waals surface area contributed by atoms with Gasteiger partial charge in [0.05, 0.1) is 0 Å². The zero-order valence-electron chi connectivity index (χ0n) is 8.98. The van der Waals surface area contributed by atoms with E-state index in [1.807, 2.05) is 36.4 Å². The monoisotopic (exact) mass is 306 g/mol. The number of rotatable bonds is 3. The molecule has 0 aliphatic rings. The lowest BCUT2D eigenvalue weighted by Crippen LogP contribution is -2.10. The predicted octanol–water partition coefficient (Wildman–Crippen LogP) is 3.88. The molecular weight excluding hydrogens is 296 g/mol. The van der Waals surface area contributed by atoms with Crippen LogP contribution < -0.4 is 5.73 Å². The summed E-state index contributed by atoms with van der Waals surface area (Å²) >= 11 is 5.09. The van der Waals surface area contributed by atoms with E-state index >= 15 is 0 Å². The Kier molecular flexibility index (Phi) is 3.86. The predicted molar refractivity (Wildman–Crippen MR) is 75.7 cm³/mol. The molecule has 86 valence electrons. The van der Waals surface area contributed by atoms with Crippen molar-refractivity contribution in [2.45, 2.75) is 9.79 Å². The highest BCUT2D eigenvalue weighted by atomic mass is 79.9. The number of hydrogen-bond acceptors (Lipinski definition) is 2. The molecule has 2 aromatic carbocycles. The molecule has 0 amide bonds. The van der Waals surface area contributed by atoms with E-state index in [0.717, 1.165) is 14.9 Å². The standard InChI is InChI=1S/C13H11BrN2S/c14-10-3-7-12(8-4-10)17-11-5-1-9(2-6-11)13(15)16/h1-8H,(H3,15,16). The first kappa shape index (κ1) is 12.2. The smallest absolute Gasteiger partial charge is 0.122 e. The van der Waals surface area contributed by atoms with Gasteiger partial charge in [-0.15, -0.1) is 0 Å². The molecule has 2 nitrogen and oxygen atoms in total. The number of halogens is 1. The molecule has 0 bridgehead atoms. The topological polar surface area (TPSA) is 49.9 Å². The molecule has 2 aromatic rings. The largest absolute Gasteiger partial charge is 0.384 e. The molecule has 0 saturated heterocycles. The van der Waals surface area contributed by atoms with E-state index in [1.165, 1.54) is 4.90 Å². The van der Waals surface area contributed by atoms with Crippen LogP contribution in [0.4, 0.5) is 0 Å². The molecule has 0 fully saturated rings. The van der Waals surface area contributed by atoms with Crippen molar-refractivity contribution in [3.8, 4) is 0 Å². The minimum absolute atomic E-state index is 0.102. The lowest BCUT2D eigenvalue weighted by molar-refractivity contribution is 1.37. The van der Waals surface area contributed by atoms with Gasteiger partial charge < -0.3 is 5.73 Å². The molecule has 4 heteroatoms. The highest BCUT2D eigenvalue weighted by molar-refractivity contribution is 9.10. The molecule has 0 aromatic heterocycles. The molecule has 0 atom stereocenters. The van der Waals surface area contributed by atoms with Gasteiger partial charge in [-0.05, 0) is 36.4 Å². The van der Waals surface area contributed by atoms with E-state index < -0.39 is 0 Å². The molecule has 0 radical (unpaired) electrons. The highest BCUT2D eigenvalue weighted by Crippen LogP contribution is 2.28. The van der Waals surface area contributed by atoms with Crippen LogP contribution in [-0.2, 0) is 0 Å². The fourth-order valence-corrected chi connectivity index (χ4v) is 2.42. The third kappa shape index (κ3) is 3.35. The second-order valence-electron chi connectivity index (χ2n) is 3.49. The van der Waals surface area contributed by atoms with Crippen molar-refractivity contribution in [2.24, 2.45) is 5.73 Å². The minimum atomic E-state index is 0.102. The number of amidine groups is 1. The molecule has 0 aliphatic heterocycles. The fourth-order valence-electron chi connectivity index (χ4n) is 1.34. The van der Waals surface area contributed by atoms with Crippen LogP contribution in [0.1, 0.15) is 5.56 Å². The first-order valence-electron chi connectivity index (χ1n) is 5.03. The number of nitrogens with two attached hydrogens (primary N) is 1. The van der Waals surface area contributed by atoms with Crippen molar-refractivity contribution in [2.75, 3.05) is 0 Å². The Morgan fingerprint density at radius 1 is 0.941 bits per heavy atom. The van der Waals surface area contributed by atoms with E-state index in [9.17, 15) is 0 Å². The van der Waals surface area contributed by atoms with Gasteiger partial charge in [0.25, 0.3) is 0 Å². The average Bonchev–Trinajstić information content (AvgIpc) is 2.33. The van der Waals surface area contributed by atoms with Crippen molar-refractivity contribution in [3.63, 3.8) is 0 Å². The van der Waals surface area contributed by atoms with E-state index in [4.69, 9.17) is 11.1 Å². The average molecular weight is 307 g/mol. The molecule has 17 heavy (non-hydrogen) atoms. The van der Waals surface area contributed by atoms with Crippen molar-refractivity contribution in [3.05, 3.63) is 58.6 Å². The van der Waals surface area contributed by atoms with E-state index in [-0.39, 0.29) is 5.84 Å². The number of benzene rings is 2. The maximum atomic E-state index is 7.32. The summed E-state index contributed by atoms with van der Waals surface area (Å²) < 4.78 is 1.08. The number of hydrogen-bond donors (Lipinski definition) is 2. The summed E-state index contributed by atoms with van der Waals surface area (Å²) in [5.74, 6) is 0.102. The summed E-state index contributed by atoms with van der Waals surface area (Å²) in [6, 6.07) is 15.8. The molecule has 0 unspecified atom stereocenters. The minimum Gasteiger partial charge on any atom is -0.384 e. The summed E-state index contributed by atoms with van der Waals surface area (Å²) in [5.41, 5.74) is 6.16. The van der Waals surface area contributed by atoms with E-state index in [2.05, 4.69) is 28.1 Å². The molecular formula is C13H11BrN2S. The lowest BCUT2D eigenvalue weighted by Gasteiger charge is -2.03. The second-order valence-corrected chi connectivity index (χ2v) is 5.56. The van der Waals surface area contributed by atoms with E-state index in [0.29, 0.717) is 0 Å². The second kappa shape index (κ2) is 5.38. The SMILES string of the molecule is N=C(N)c1ccc(Sc2ccc(Br)cc2)cc1. The Hall–Kier alpha value is -1.26. The summed E-state index contributed by atoms with van der Waals surface area (Å²) in [7, 11) is 0. The number of nitrogens with one attached hydrogen (secondary N) is 1. The fraction of sp³-hybridized carbons (Fsp3) is 0. The number of nitrogen functional groups attached to an aromatic ring is 1. The van der Waals surface area contributed by atoms with Crippen LogP contribution in [0.5, 0.6) is 0 Å². The lowest BCUT2D eigenvalue weighted by atomic mass is 10.2. The van der Waals surface area contributed by atoms with Crippen LogP contribution in [0.15, 0.2) is 62.8 Å². The van der Waals surface area contributed by atoms with Crippen molar-refractivity contribution >= 4 is 33.5 Å². The van der Waals surface area contributed by atoms with Gasteiger partial charge in [0, 0.05) is 19.8 Å². The summed E-state index contributed by atoms with van der Waals surface area (Å²) in [6.07, 6.45) is 0. The Morgan fingerprint density at radius 3 is 1.88 bits per heavy atom. The molecule has 0 saturated carbocycles. The van der Waals surface area contributed by atoms with Crippen LogP contribution in [0, 0.1) is 5.41 Å². The Morgan fingerprint density at radius 2 is 1.41 bits per heavy atom. The molecule has 0 spiro atoms. The van der Waals surface area contributed by atoms with Gasteiger partial charge in [0.1, 0.15) is 5.84 Å². The Balaban J connectivity index is 2.13. The van der Waals surface area contributed by atoms with Crippen LogP contribution >= 0.6 is 27.7 Å². The van der Waals surface area contributed by atoms with Gasteiger partial charge in [0.2, 0.25) is 0 Å². The molecule has 0 aliphatic carbocycles. The van der Waals surface area contributed by atoms with Crippen LogP contribution in [0.3, 0.4) is 0 Å². The Labute approximate surface area is 113 Å². The molecule has 2 rings (SSSR count). The summed E-state index contributed by atoms with van der Waals surface area (Å²) in [6.45, 7) is 0. The quantitative estimate of drug-likeness (QED) is 0.668. The first-order valence-corrected chi connectivity index (χ1v) is 6.64. The zero-order valence-corrected chi connectivity index (χ0v) is 11.4. The van der Waals surface area contributed by atoms with Crippen molar-refractivity contribution < 1.29 is 0 Å². The highest BCUT2D eigenvalue weighted by Gasteiger charge is 1.99. The molecule has 3 N–H and O–H groups in total. The maximum Gasteiger partial charge on any atom is 0.122 e. The van der Waals surface area contributed by atoms with Crippen molar-refractivity contribution in [1.82, 2.24) is 0 Å². The van der Waals surface area contributed by atoms with Crippen molar-refractivity contribution in [1.29, 1.82) is 5.41 Å². The van der Waals surface area contributed by atoms with Gasteiger partial charge in [-0.1, -0.05) is 39.8 Å². The van der Waals surface area contributed by atoms with Gasteiger partial charge in [-0.2, -0.15) is 0 Å².